The number of halogens is 1. The van der Waals surface area contributed by atoms with E-state index in [1.54, 1.807) is 12.3 Å². The van der Waals surface area contributed by atoms with E-state index in [0.29, 0.717) is 16.8 Å². The standard InChI is InChI=1S/C11H14BrN3O/c12-9-8(3-1-6-14-9)15-10(16)11(7-13)4-2-5-11/h1,3,6H,2,4-5,7,13H2,(H,15,16). The number of nitrogens with zero attached hydrogens (tertiary/aromatic N) is 1. The third-order valence-electron chi connectivity index (χ3n) is 3.19. The molecule has 1 saturated carbocycles. The number of rotatable bonds is 3. The minimum atomic E-state index is -0.352. The van der Waals surface area contributed by atoms with Crippen molar-refractivity contribution in [1.82, 2.24) is 4.98 Å². The molecule has 1 aliphatic rings. The van der Waals surface area contributed by atoms with Gasteiger partial charge in [0.1, 0.15) is 4.60 Å². The Kier molecular flexibility index (Phi) is 3.25. The number of anilines is 1. The van der Waals surface area contributed by atoms with Gasteiger partial charge in [-0.15, -0.1) is 0 Å². The number of aromatic nitrogens is 1. The molecule has 1 aliphatic carbocycles. The van der Waals surface area contributed by atoms with Crippen LogP contribution in [0, 0.1) is 5.41 Å². The molecule has 0 aliphatic heterocycles. The van der Waals surface area contributed by atoms with Gasteiger partial charge in [-0.1, -0.05) is 6.42 Å². The van der Waals surface area contributed by atoms with E-state index in [4.69, 9.17) is 5.73 Å². The van der Waals surface area contributed by atoms with Crippen molar-refractivity contribution < 1.29 is 4.79 Å². The fraction of sp³-hybridized carbons (Fsp3) is 0.455. The van der Waals surface area contributed by atoms with Crippen molar-refractivity contribution in [3.8, 4) is 0 Å². The average molecular weight is 284 g/mol. The number of carbonyl (C=O) groups is 1. The van der Waals surface area contributed by atoms with Crippen LogP contribution in [-0.2, 0) is 4.79 Å². The summed E-state index contributed by atoms with van der Waals surface area (Å²) in [4.78, 5) is 16.1. The normalized spacial score (nSPS) is 17.6. The van der Waals surface area contributed by atoms with Crippen LogP contribution in [-0.4, -0.2) is 17.4 Å². The molecule has 1 heterocycles. The number of pyridine rings is 1. The number of hydrogen-bond donors (Lipinski definition) is 2. The van der Waals surface area contributed by atoms with Gasteiger partial charge in [-0.25, -0.2) is 4.98 Å². The van der Waals surface area contributed by atoms with Crippen LogP contribution in [0.2, 0.25) is 0 Å². The molecule has 1 aromatic rings. The SMILES string of the molecule is NCC1(C(=O)Nc2cccnc2Br)CCC1. The summed E-state index contributed by atoms with van der Waals surface area (Å²) in [6.07, 6.45) is 4.51. The van der Waals surface area contributed by atoms with E-state index in [2.05, 4.69) is 26.2 Å². The number of hydrogen-bond acceptors (Lipinski definition) is 3. The third-order valence-corrected chi connectivity index (χ3v) is 3.82. The predicted octanol–water partition coefficient (Wildman–Crippen LogP) is 1.91. The molecule has 4 nitrogen and oxygen atoms in total. The number of amides is 1. The highest BCUT2D eigenvalue weighted by molar-refractivity contribution is 9.10. The van der Waals surface area contributed by atoms with Crippen LogP contribution < -0.4 is 11.1 Å². The lowest BCUT2D eigenvalue weighted by atomic mass is 9.68. The van der Waals surface area contributed by atoms with E-state index >= 15 is 0 Å². The summed E-state index contributed by atoms with van der Waals surface area (Å²) in [7, 11) is 0. The summed E-state index contributed by atoms with van der Waals surface area (Å²) in [5.74, 6) is 0.00921. The second-order valence-electron chi connectivity index (χ2n) is 4.13. The lowest BCUT2D eigenvalue weighted by Crippen LogP contribution is -2.47. The van der Waals surface area contributed by atoms with Crippen LogP contribution in [0.1, 0.15) is 19.3 Å². The Morgan fingerprint density at radius 2 is 2.38 bits per heavy atom. The van der Waals surface area contributed by atoms with Crippen LogP contribution in [0.5, 0.6) is 0 Å². The maximum atomic E-state index is 12.1. The van der Waals surface area contributed by atoms with Crippen LogP contribution in [0.4, 0.5) is 5.69 Å². The number of nitrogens with one attached hydrogen (secondary N) is 1. The topological polar surface area (TPSA) is 68.0 Å². The van der Waals surface area contributed by atoms with Gasteiger partial charge in [-0.05, 0) is 40.9 Å². The Balaban J connectivity index is 2.10. The van der Waals surface area contributed by atoms with E-state index < -0.39 is 0 Å². The van der Waals surface area contributed by atoms with E-state index in [1.165, 1.54) is 0 Å². The highest BCUT2D eigenvalue weighted by Crippen LogP contribution is 2.41. The molecular formula is C11H14BrN3O. The minimum absolute atomic E-state index is 0.00921. The van der Waals surface area contributed by atoms with Gasteiger partial charge >= 0.3 is 0 Å². The molecule has 0 bridgehead atoms. The van der Waals surface area contributed by atoms with Crippen LogP contribution >= 0.6 is 15.9 Å². The molecule has 2 rings (SSSR count). The lowest BCUT2D eigenvalue weighted by Gasteiger charge is -2.39. The van der Waals surface area contributed by atoms with Crippen molar-refractivity contribution in [3.63, 3.8) is 0 Å². The summed E-state index contributed by atoms with van der Waals surface area (Å²) in [6.45, 7) is 0.413. The first-order valence-corrected chi connectivity index (χ1v) is 6.09. The average Bonchev–Trinajstić information content (AvgIpc) is 2.21. The molecule has 1 amide bonds. The van der Waals surface area contributed by atoms with Gasteiger partial charge in [0.15, 0.2) is 0 Å². The van der Waals surface area contributed by atoms with E-state index in [0.717, 1.165) is 19.3 Å². The molecule has 86 valence electrons. The van der Waals surface area contributed by atoms with Gasteiger partial charge in [-0.2, -0.15) is 0 Å². The van der Waals surface area contributed by atoms with Gasteiger partial charge in [0.05, 0.1) is 11.1 Å². The Morgan fingerprint density at radius 1 is 1.62 bits per heavy atom. The molecule has 0 aromatic carbocycles. The lowest BCUT2D eigenvalue weighted by molar-refractivity contribution is -0.129. The Bertz CT molecular complexity index is 398. The van der Waals surface area contributed by atoms with Gasteiger partial charge < -0.3 is 11.1 Å². The first-order valence-electron chi connectivity index (χ1n) is 5.30. The first kappa shape index (κ1) is 11.5. The highest BCUT2D eigenvalue weighted by atomic mass is 79.9. The van der Waals surface area contributed by atoms with Gasteiger partial charge in [0.25, 0.3) is 0 Å². The second kappa shape index (κ2) is 4.51. The molecule has 1 fully saturated rings. The zero-order valence-corrected chi connectivity index (χ0v) is 10.5. The van der Waals surface area contributed by atoms with Crippen molar-refractivity contribution in [2.24, 2.45) is 11.1 Å². The van der Waals surface area contributed by atoms with Gasteiger partial charge in [0, 0.05) is 12.7 Å². The maximum absolute atomic E-state index is 12.1. The predicted molar refractivity (Wildman–Crippen MR) is 65.9 cm³/mol. The molecule has 1 aromatic heterocycles. The molecule has 5 heteroatoms. The summed E-state index contributed by atoms with van der Waals surface area (Å²) in [5.41, 5.74) is 6.02. The van der Waals surface area contributed by atoms with E-state index in [9.17, 15) is 4.79 Å². The molecule has 16 heavy (non-hydrogen) atoms. The molecule has 0 atom stereocenters. The Morgan fingerprint density at radius 3 is 2.88 bits per heavy atom. The second-order valence-corrected chi connectivity index (χ2v) is 4.89. The number of nitrogens with two attached hydrogens (primary N) is 1. The van der Waals surface area contributed by atoms with Crippen LogP contribution in [0.25, 0.3) is 0 Å². The summed E-state index contributed by atoms with van der Waals surface area (Å²) in [5, 5.41) is 2.88. The van der Waals surface area contributed by atoms with Gasteiger partial charge in [-0.3, -0.25) is 4.79 Å². The Labute approximate surface area is 103 Å². The molecular weight excluding hydrogens is 270 g/mol. The fourth-order valence-corrected chi connectivity index (χ4v) is 2.21. The van der Waals surface area contributed by atoms with E-state index in [1.807, 2.05) is 6.07 Å². The smallest absolute Gasteiger partial charge is 0.231 e. The first-order chi connectivity index (χ1) is 7.68. The molecule has 0 radical (unpaired) electrons. The minimum Gasteiger partial charge on any atom is -0.329 e. The summed E-state index contributed by atoms with van der Waals surface area (Å²) >= 11 is 3.30. The van der Waals surface area contributed by atoms with E-state index in [-0.39, 0.29) is 11.3 Å². The zero-order chi connectivity index (χ0) is 11.6. The van der Waals surface area contributed by atoms with Crippen molar-refractivity contribution in [2.75, 3.05) is 11.9 Å². The highest BCUT2D eigenvalue weighted by Gasteiger charge is 2.42. The largest absolute Gasteiger partial charge is 0.329 e. The van der Waals surface area contributed by atoms with Crippen molar-refractivity contribution in [2.45, 2.75) is 19.3 Å². The fourth-order valence-electron chi connectivity index (χ4n) is 1.86. The molecule has 0 saturated heterocycles. The van der Waals surface area contributed by atoms with Crippen molar-refractivity contribution in [3.05, 3.63) is 22.9 Å². The summed E-state index contributed by atoms with van der Waals surface area (Å²) < 4.78 is 0.648. The van der Waals surface area contributed by atoms with Crippen molar-refractivity contribution >= 4 is 27.5 Å². The van der Waals surface area contributed by atoms with Crippen molar-refractivity contribution in [1.29, 1.82) is 0 Å². The van der Waals surface area contributed by atoms with Crippen LogP contribution in [0.15, 0.2) is 22.9 Å². The molecule has 0 spiro atoms. The summed E-state index contributed by atoms with van der Waals surface area (Å²) in [6, 6.07) is 3.61. The monoisotopic (exact) mass is 283 g/mol. The number of carbonyl (C=O) groups excluding carboxylic acids is 1. The maximum Gasteiger partial charge on any atom is 0.231 e. The third kappa shape index (κ3) is 1.97. The quantitative estimate of drug-likeness (QED) is 0.833. The van der Waals surface area contributed by atoms with Crippen LogP contribution in [0.3, 0.4) is 0 Å². The molecule has 3 N–H and O–H groups in total. The van der Waals surface area contributed by atoms with Gasteiger partial charge in [0.2, 0.25) is 5.91 Å². The Hall–Kier alpha value is -0.940. The zero-order valence-electron chi connectivity index (χ0n) is 8.87. The molecule has 0 unspecified atom stereocenters.